The summed E-state index contributed by atoms with van der Waals surface area (Å²) in [6, 6.07) is 0.522. The van der Waals surface area contributed by atoms with Crippen molar-refractivity contribution in [3.63, 3.8) is 0 Å². The van der Waals surface area contributed by atoms with E-state index in [1.807, 2.05) is 0 Å². The number of nitrogens with zero attached hydrogens (tertiary/aromatic N) is 3. The predicted molar refractivity (Wildman–Crippen MR) is 62.7 cm³/mol. The summed E-state index contributed by atoms with van der Waals surface area (Å²) in [5.41, 5.74) is 0. The summed E-state index contributed by atoms with van der Waals surface area (Å²) in [5.74, 6) is 0.131. The number of likely N-dealkylation sites (N-methyl/N-ethyl adjacent to an activating group) is 2. The van der Waals surface area contributed by atoms with Gasteiger partial charge in [-0.15, -0.1) is 11.3 Å². The monoisotopic (exact) mass is 227 g/mol. The van der Waals surface area contributed by atoms with E-state index >= 15 is 0 Å². The topological polar surface area (TPSA) is 39.6 Å². The Morgan fingerprint density at radius 3 is 3.07 bits per heavy atom. The van der Waals surface area contributed by atoms with Crippen LogP contribution in [0, 0.1) is 0 Å². The first-order chi connectivity index (χ1) is 7.16. The second-order valence-electron chi connectivity index (χ2n) is 4.16. The lowest BCUT2D eigenvalue weighted by Crippen LogP contribution is -2.45. The van der Waals surface area contributed by atoms with Gasteiger partial charge in [-0.1, -0.05) is 0 Å². The van der Waals surface area contributed by atoms with Gasteiger partial charge in [-0.05, 0) is 26.4 Å². The van der Waals surface area contributed by atoms with E-state index in [1.54, 1.807) is 5.38 Å². The van der Waals surface area contributed by atoms with E-state index in [9.17, 15) is 5.11 Å². The number of piperidine rings is 1. The van der Waals surface area contributed by atoms with Crippen LogP contribution in [-0.4, -0.2) is 48.2 Å². The molecular weight excluding hydrogens is 210 g/mol. The molecule has 1 N–H and O–H groups in total. The van der Waals surface area contributed by atoms with Crippen molar-refractivity contribution in [2.75, 3.05) is 32.1 Å². The molecule has 1 aromatic rings. The first-order valence-corrected chi connectivity index (χ1v) is 6.10. The zero-order chi connectivity index (χ0) is 10.8. The number of hydrogen-bond acceptors (Lipinski definition) is 5. The summed E-state index contributed by atoms with van der Waals surface area (Å²) < 4.78 is 0. The second-order valence-corrected chi connectivity index (χ2v) is 4.99. The SMILES string of the molecule is CN1CCCC(N(C)c2nc(O)cs2)C1. The summed E-state index contributed by atoms with van der Waals surface area (Å²) >= 11 is 1.50. The maximum atomic E-state index is 9.21. The van der Waals surface area contributed by atoms with Gasteiger partial charge in [0.1, 0.15) is 0 Å². The molecule has 4 nitrogen and oxygen atoms in total. The van der Waals surface area contributed by atoms with E-state index in [4.69, 9.17) is 0 Å². The highest BCUT2D eigenvalue weighted by atomic mass is 32.1. The molecule has 0 bridgehead atoms. The highest BCUT2D eigenvalue weighted by Crippen LogP contribution is 2.26. The van der Waals surface area contributed by atoms with E-state index in [2.05, 4.69) is 28.9 Å². The number of aromatic nitrogens is 1. The molecule has 0 saturated carbocycles. The third-order valence-electron chi connectivity index (χ3n) is 2.93. The maximum absolute atomic E-state index is 9.21. The van der Waals surface area contributed by atoms with Crippen LogP contribution in [0.15, 0.2) is 5.38 Å². The average Bonchev–Trinajstić information content (AvgIpc) is 2.64. The number of anilines is 1. The van der Waals surface area contributed by atoms with Gasteiger partial charge in [0.05, 0.1) is 5.38 Å². The van der Waals surface area contributed by atoms with Crippen LogP contribution in [0.5, 0.6) is 5.88 Å². The molecule has 1 unspecified atom stereocenters. The molecule has 0 aliphatic carbocycles. The number of hydrogen-bond donors (Lipinski definition) is 1. The Morgan fingerprint density at radius 2 is 2.47 bits per heavy atom. The third-order valence-corrected chi connectivity index (χ3v) is 3.85. The number of likely N-dealkylation sites (tertiary alicyclic amines) is 1. The summed E-state index contributed by atoms with van der Waals surface area (Å²) in [7, 11) is 4.21. The number of aromatic hydroxyl groups is 1. The van der Waals surface area contributed by atoms with Crippen molar-refractivity contribution < 1.29 is 5.11 Å². The summed E-state index contributed by atoms with van der Waals surface area (Å²) in [5, 5.41) is 11.8. The Morgan fingerprint density at radius 1 is 1.67 bits per heavy atom. The van der Waals surface area contributed by atoms with Crippen LogP contribution in [0.3, 0.4) is 0 Å². The van der Waals surface area contributed by atoms with Crippen LogP contribution in [-0.2, 0) is 0 Å². The van der Waals surface area contributed by atoms with E-state index in [1.165, 1.54) is 30.7 Å². The Hall–Kier alpha value is -0.810. The van der Waals surface area contributed by atoms with E-state index in [-0.39, 0.29) is 5.88 Å². The van der Waals surface area contributed by atoms with E-state index < -0.39 is 0 Å². The lowest BCUT2D eigenvalue weighted by Gasteiger charge is -2.35. The van der Waals surface area contributed by atoms with E-state index in [0.717, 1.165) is 11.7 Å². The van der Waals surface area contributed by atoms with Gasteiger partial charge in [-0.25, -0.2) is 0 Å². The van der Waals surface area contributed by atoms with Crippen molar-refractivity contribution in [3.8, 4) is 5.88 Å². The normalized spacial score (nSPS) is 22.9. The van der Waals surface area contributed by atoms with Crippen LogP contribution < -0.4 is 4.90 Å². The minimum atomic E-state index is 0.131. The molecule has 1 atom stereocenters. The Labute approximate surface area is 94.2 Å². The van der Waals surface area contributed by atoms with E-state index in [0.29, 0.717) is 6.04 Å². The molecule has 5 heteroatoms. The number of thiazole rings is 1. The van der Waals surface area contributed by atoms with Gasteiger partial charge in [0.2, 0.25) is 5.88 Å². The molecule has 0 aromatic carbocycles. The fraction of sp³-hybridized carbons (Fsp3) is 0.700. The van der Waals surface area contributed by atoms with Crippen LogP contribution in [0.1, 0.15) is 12.8 Å². The zero-order valence-electron chi connectivity index (χ0n) is 9.18. The van der Waals surface area contributed by atoms with Crippen LogP contribution >= 0.6 is 11.3 Å². The standard InChI is InChI=1S/C10H17N3OS/c1-12-5-3-4-8(6-12)13(2)10-11-9(14)7-15-10/h7-8,14H,3-6H2,1-2H3. The van der Waals surface area contributed by atoms with Crippen LogP contribution in [0.4, 0.5) is 5.13 Å². The first-order valence-electron chi connectivity index (χ1n) is 5.22. The first kappa shape index (κ1) is 10.7. The van der Waals surface area contributed by atoms with Gasteiger partial charge in [0, 0.05) is 19.6 Å². The minimum absolute atomic E-state index is 0.131. The fourth-order valence-corrected chi connectivity index (χ4v) is 2.75. The van der Waals surface area contributed by atoms with Gasteiger partial charge in [-0.2, -0.15) is 4.98 Å². The smallest absolute Gasteiger partial charge is 0.223 e. The van der Waals surface area contributed by atoms with Crippen molar-refractivity contribution in [2.45, 2.75) is 18.9 Å². The van der Waals surface area contributed by atoms with Crippen molar-refractivity contribution >= 4 is 16.5 Å². The maximum Gasteiger partial charge on any atom is 0.223 e. The van der Waals surface area contributed by atoms with Gasteiger partial charge in [0.25, 0.3) is 0 Å². The molecule has 0 amide bonds. The lowest BCUT2D eigenvalue weighted by atomic mass is 10.1. The Balaban J connectivity index is 2.03. The minimum Gasteiger partial charge on any atom is -0.493 e. The zero-order valence-corrected chi connectivity index (χ0v) is 10.00. The van der Waals surface area contributed by atoms with Gasteiger partial charge < -0.3 is 14.9 Å². The molecule has 84 valence electrons. The van der Waals surface area contributed by atoms with Crippen molar-refractivity contribution in [1.29, 1.82) is 0 Å². The average molecular weight is 227 g/mol. The van der Waals surface area contributed by atoms with Crippen molar-refractivity contribution in [2.24, 2.45) is 0 Å². The second kappa shape index (κ2) is 4.37. The molecule has 0 spiro atoms. The molecule has 1 saturated heterocycles. The highest BCUT2D eigenvalue weighted by molar-refractivity contribution is 7.13. The third kappa shape index (κ3) is 2.41. The molecule has 1 aliphatic heterocycles. The molecule has 1 aliphatic rings. The summed E-state index contributed by atoms with van der Waals surface area (Å²) in [6.45, 7) is 2.27. The van der Waals surface area contributed by atoms with Gasteiger partial charge in [-0.3, -0.25) is 0 Å². The lowest BCUT2D eigenvalue weighted by molar-refractivity contribution is 0.248. The van der Waals surface area contributed by atoms with Gasteiger partial charge in [0.15, 0.2) is 5.13 Å². The number of rotatable bonds is 2. The Bertz CT molecular complexity index is 328. The molecule has 15 heavy (non-hydrogen) atoms. The summed E-state index contributed by atoms with van der Waals surface area (Å²) in [4.78, 5) is 8.62. The molecule has 1 fully saturated rings. The van der Waals surface area contributed by atoms with Gasteiger partial charge >= 0.3 is 0 Å². The highest BCUT2D eigenvalue weighted by Gasteiger charge is 2.22. The van der Waals surface area contributed by atoms with Crippen molar-refractivity contribution in [3.05, 3.63) is 5.38 Å². The molecular formula is C10H17N3OS. The summed E-state index contributed by atoms with van der Waals surface area (Å²) in [6.07, 6.45) is 2.45. The molecule has 0 radical (unpaired) electrons. The quantitative estimate of drug-likeness (QED) is 0.828. The predicted octanol–water partition coefficient (Wildman–Crippen LogP) is 1.38. The van der Waals surface area contributed by atoms with Crippen molar-refractivity contribution in [1.82, 2.24) is 9.88 Å². The molecule has 1 aromatic heterocycles. The largest absolute Gasteiger partial charge is 0.493 e. The Kier molecular flexibility index (Phi) is 3.11. The van der Waals surface area contributed by atoms with Crippen LogP contribution in [0.2, 0.25) is 0 Å². The fourth-order valence-electron chi connectivity index (χ4n) is 2.03. The molecule has 2 heterocycles. The van der Waals surface area contributed by atoms with Crippen LogP contribution in [0.25, 0.3) is 0 Å². The molecule has 2 rings (SSSR count).